The van der Waals surface area contributed by atoms with E-state index in [9.17, 15) is 0 Å². The van der Waals surface area contributed by atoms with Gasteiger partial charge >= 0.3 is 48.9 Å². The molecule has 0 aromatic carbocycles. The van der Waals surface area contributed by atoms with E-state index in [1.54, 1.807) is 0 Å². The van der Waals surface area contributed by atoms with Crippen LogP contribution < -0.4 is 0 Å². The average Bonchev–Trinajstić information content (AvgIpc) is 0.811. The van der Waals surface area contributed by atoms with E-state index in [-0.39, 0.29) is 77.9 Å². The van der Waals surface area contributed by atoms with E-state index >= 15 is 0 Å². The van der Waals surface area contributed by atoms with Crippen LogP contribution in [0, 0.1) is 10.1 Å². The van der Waals surface area contributed by atoms with Gasteiger partial charge in [-0.25, -0.2) is 0 Å². The van der Waals surface area contributed by atoms with E-state index in [1.165, 1.54) is 0 Å². The van der Waals surface area contributed by atoms with Crippen molar-refractivity contribution in [2.75, 3.05) is 0 Å². The standard InChI is InChI=1S/Ba.HNO3.Zr.2H/c;2-1(3)4;;;/h;(H,2,3,4);;;/q+2;;;2*-1. The fourth-order valence-electron chi connectivity index (χ4n) is 0. The molecule has 0 amide bonds. The molecule has 0 unspecified atom stereocenters. The van der Waals surface area contributed by atoms with E-state index in [0.29, 0.717) is 0 Å². The minimum absolute atomic E-state index is 0. The van der Waals surface area contributed by atoms with Gasteiger partial charge in [0.25, 0.3) is 5.09 Å². The smallest absolute Gasteiger partial charge is 1.00 e. The Balaban J connectivity index is -0.00000000750. The van der Waals surface area contributed by atoms with Crippen LogP contribution in [0.25, 0.3) is 0 Å². The summed E-state index contributed by atoms with van der Waals surface area (Å²) in [5.74, 6) is 0. The molecule has 0 aliphatic heterocycles. The van der Waals surface area contributed by atoms with Crippen molar-refractivity contribution in [1.82, 2.24) is 0 Å². The maximum atomic E-state index is 8.36. The molecular formula is H3BaNO3Zr. The molecule has 0 aromatic rings. The van der Waals surface area contributed by atoms with Crippen LogP contribution in [-0.4, -0.2) is 59.2 Å². The molecule has 0 spiro atoms. The molecule has 1 N–H and O–H groups in total. The van der Waals surface area contributed by atoms with Crippen LogP contribution in [-0.2, 0) is 26.2 Å². The maximum Gasteiger partial charge on any atom is 2.00 e. The summed E-state index contributed by atoms with van der Waals surface area (Å²) in [4.78, 5) is 8.36. The molecule has 0 atom stereocenters. The third-order valence-corrected chi connectivity index (χ3v) is 0. The van der Waals surface area contributed by atoms with Crippen molar-refractivity contribution >= 4 is 48.9 Å². The fraction of sp³-hybridized carbons (Fsp3) is 0. The minimum atomic E-state index is -1.50. The summed E-state index contributed by atoms with van der Waals surface area (Å²) in [6.07, 6.45) is 0. The molecule has 0 bridgehead atoms. The SMILES string of the molecule is O=[N+]([O-])O.[Ba+2].[H-].[H-].[Zr]. The van der Waals surface area contributed by atoms with E-state index < -0.39 is 5.09 Å². The monoisotopic (exact) mass is 293 g/mol. The number of hydrogen-bond acceptors (Lipinski definition) is 2. The second kappa shape index (κ2) is 9.82. The second-order valence-electron chi connectivity index (χ2n) is 0.238. The summed E-state index contributed by atoms with van der Waals surface area (Å²) in [5.41, 5.74) is 0. The molecule has 0 radical (unpaired) electrons. The van der Waals surface area contributed by atoms with E-state index in [4.69, 9.17) is 15.3 Å². The Morgan fingerprint density at radius 2 is 1.83 bits per heavy atom. The molecule has 0 aromatic heterocycles. The van der Waals surface area contributed by atoms with Gasteiger partial charge in [0, 0.05) is 26.2 Å². The Morgan fingerprint density at radius 3 is 1.83 bits per heavy atom. The summed E-state index contributed by atoms with van der Waals surface area (Å²) < 4.78 is 0. The molecule has 0 saturated heterocycles. The van der Waals surface area contributed by atoms with Gasteiger partial charge < -0.3 is 8.06 Å². The van der Waals surface area contributed by atoms with E-state index in [1.807, 2.05) is 0 Å². The van der Waals surface area contributed by atoms with Crippen molar-refractivity contribution in [3.63, 3.8) is 0 Å². The first-order chi connectivity index (χ1) is 1.73. The van der Waals surface area contributed by atoms with Gasteiger partial charge in [0.05, 0.1) is 0 Å². The van der Waals surface area contributed by atoms with Gasteiger partial charge in [-0.2, -0.15) is 0 Å². The zero-order valence-corrected chi connectivity index (χ0v) is 9.82. The van der Waals surface area contributed by atoms with Gasteiger partial charge in [-0.3, -0.25) is 0 Å². The Morgan fingerprint density at radius 1 is 1.83 bits per heavy atom. The third kappa shape index (κ3) is 44.8. The third-order valence-electron chi connectivity index (χ3n) is 0. The Hall–Kier alpha value is 1.65. The quantitative estimate of drug-likeness (QED) is 0.372. The predicted octanol–water partition coefficient (Wildman–Crippen LogP) is -0.506. The molecule has 32 valence electrons. The van der Waals surface area contributed by atoms with Crippen LogP contribution in [0.2, 0.25) is 0 Å². The molecule has 0 heterocycles. The van der Waals surface area contributed by atoms with Crippen LogP contribution in [0.4, 0.5) is 0 Å². The Bertz CT molecular complexity index is 40.3. The number of nitrogens with zero attached hydrogens (tertiary/aromatic N) is 1. The van der Waals surface area contributed by atoms with Gasteiger partial charge in [0.1, 0.15) is 0 Å². The summed E-state index contributed by atoms with van der Waals surface area (Å²) >= 11 is 0. The van der Waals surface area contributed by atoms with Crippen molar-refractivity contribution in [2.24, 2.45) is 0 Å². The van der Waals surface area contributed by atoms with Crippen LogP contribution in [0.5, 0.6) is 0 Å². The first-order valence-electron chi connectivity index (χ1n) is 0.565. The van der Waals surface area contributed by atoms with Crippen LogP contribution in [0.15, 0.2) is 0 Å². The maximum absolute atomic E-state index is 8.36. The molecule has 4 nitrogen and oxygen atoms in total. The summed E-state index contributed by atoms with van der Waals surface area (Å²) in [7, 11) is 0. The van der Waals surface area contributed by atoms with Crippen molar-refractivity contribution in [1.29, 1.82) is 0 Å². The van der Waals surface area contributed by atoms with E-state index in [0.717, 1.165) is 0 Å². The largest absolute Gasteiger partial charge is 2.00 e. The molecule has 0 aliphatic rings. The topological polar surface area (TPSA) is 63.4 Å². The van der Waals surface area contributed by atoms with E-state index in [2.05, 4.69) is 0 Å². The molecule has 0 fully saturated rings. The summed E-state index contributed by atoms with van der Waals surface area (Å²) in [6, 6.07) is 0. The number of rotatable bonds is 0. The van der Waals surface area contributed by atoms with Gasteiger partial charge in [0.2, 0.25) is 0 Å². The molecule has 0 aliphatic carbocycles. The Kier molecular flexibility index (Phi) is 25.6. The summed E-state index contributed by atoms with van der Waals surface area (Å²) in [5, 5.41) is 13.6. The first kappa shape index (κ1) is 15.6. The van der Waals surface area contributed by atoms with Crippen molar-refractivity contribution in [2.45, 2.75) is 0 Å². The molecule has 6 heteroatoms. The molecule has 0 saturated carbocycles. The zero-order chi connectivity index (χ0) is 3.58. The van der Waals surface area contributed by atoms with Gasteiger partial charge in [0.15, 0.2) is 0 Å². The van der Waals surface area contributed by atoms with Crippen LogP contribution >= 0.6 is 0 Å². The average molecular weight is 294 g/mol. The molecular weight excluding hydrogens is 291 g/mol. The summed E-state index contributed by atoms with van der Waals surface area (Å²) in [6.45, 7) is 0. The van der Waals surface area contributed by atoms with Gasteiger partial charge in [-0.15, -0.1) is 10.1 Å². The Labute approximate surface area is 96.6 Å². The minimum Gasteiger partial charge on any atom is -1.00 e. The molecule has 0 rings (SSSR count). The second-order valence-corrected chi connectivity index (χ2v) is 0.238. The van der Waals surface area contributed by atoms with Crippen molar-refractivity contribution < 1.29 is 39.4 Å². The number of hydrogen-bond donors (Lipinski definition) is 1. The predicted molar refractivity (Wildman–Crippen MR) is 16.8 cm³/mol. The molecule has 6 heavy (non-hydrogen) atoms. The normalized spacial score (nSPS) is 4.00. The van der Waals surface area contributed by atoms with Crippen LogP contribution in [0.3, 0.4) is 0 Å². The first-order valence-corrected chi connectivity index (χ1v) is 0.565. The zero-order valence-electron chi connectivity index (χ0n) is 4.92. The van der Waals surface area contributed by atoms with Crippen molar-refractivity contribution in [3.8, 4) is 0 Å². The van der Waals surface area contributed by atoms with Gasteiger partial charge in [-0.05, 0) is 0 Å². The van der Waals surface area contributed by atoms with Crippen LogP contribution in [0.1, 0.15) is 2.85 Å². The fourth-order valence-corrected chi connectivity index (χ4v) is 0. The van der Waals surface area contributed by atoms with Gasteiger partial charge in [-0.1, -0.05) is 0 Å². The van der Waals surface area contributed by atoms with Crippen molar-refractivity contribution in [3.05, 3.63) is 10.1 Å².